The molecule has 0 bridgehead atoms. The van der Waals surface area contributed by atoms with Crippen LogP contribution in [0.1, 0.15) is 6.92 Å². The summed E-state index contributed by atoms with van der Waals surface area (Å²) in [6.07, 6.45) is 3.05. The fourth-order valence-corrected chi connectivity index (χ4v) is 1.52. The Labute approximate surface area is 101 Å². The molecule has 0 spiro atoms. The maximum Gasteiger partial charge on any atom is 0.300 e. The zero-order chi connectivity index (χ0) is 12.1. The molecule has 0 aliphatic heterocycles. The van der Waals surface area contributed by atoms with Gasteiger partial charge in [0.05, 0.1) is 0 Å². The van der Waals surface area contributed by atoms with Crippen LogP contribution in [0.4, 0.5) is 0 Å². The van der Waals surface area contributed by atoms with Crippen LogP contribution in [0.3, 0.4) is 0 Å². The van der Waals surface area contributed by atoms with Crippen molar-refractivity contribution < 1.29 is 14.6 Å². The Bertz CT molecular complexity index is 468. The molecule has 0 unspecified atom stereocenters. The van der Waals surface area contributed by atoms with Gasteiger partial charge in [0.2, 0.25) is 0 Å². The number of fused-ring (bicyclic) bond motifs is 1. The van der Waals surface area contributed by atoms with Gasteiger partial charge in [0.25, 0.3) is 5.97 Å². The van der Waals surface area contributed by atoms with Crippen molar-refractivity contribution in [3.8, 4) is 0 Å². The molecule has 0 saturated carbocycles. The predicted molar refractivity (Wildman–Crippen MR) is 63.9 cm³/mol. The Balaban J connectivity index is 0.000000280. The highest BCUT2D eigenvalue weighted by molar-refractivity contribution is 9.10. The van der Waals surface area contributed by atoms with E-state index >= 15 is 0 Å². The van der Waals surface area contributed by atoms with Crippen LogP contribution in [-0.4, -0.2) is 11.1 Å². The summed E-state index contributed by atoms with van der Waals surface area (Å²) in [7, 11) is 0. The van der Waals surface area contributed by atoms with Crippen LogP contribution in [-0.2, 0) is 4.79 Å². The SMILES string of the molecule is CC(=O)O.[O-][n+]1ccc2cc(Br)ccc2c1. The second-order valence-corrected chi connectivity index (χ2v) is 4.01. The second kappa shape index (κ2) is 5.46. The van der Waals surface area contributed by atoms with E-state index in [1.165, 1.54) is 6.20 Å². The Morgan fingerprint density at radius 3 is 2.62 bits per heavy atom. The molecular formula is C11H10BrNO3. The lowest BCUT2D eigenvalue weighted by Crippen LogP contribution is -2.23. The number of halogens is 1. The minimum Gasteiger partial charge on any atom is -0.619 e. The number of nitrogens with zero attached hydrogens (tertiary/aromatic N) is 1. The Kier molecular flexibility index (Phi) is 4.25. The summed E-state index contributed by atoms with van der Waals surface area (Å²) in [5.74, 6) is -0.833. The number of aliphatic carboxylic acids is 1. The van der Waals surface area contributed by atoms with E-state index < -0.39 is 5.97 Å². The average molecular weight is 284 g/mol. The normalized spacial score (nSPS) is 9.38. The van der Waals surface area contributed by atoms with Gasteiger partial charge < -0.3 is 10.3 Å². The first-order valence-electron chi connectivity index (χ1n) is 4.46. The maximum absolute atomic E-state index is 10.9. The first kappa shape index (κ1) is 12.4. The van der Waals surface area contributed by atoms with Crippen LogP contribution in [0.15, 0.2) is 41.1 Å². The van der Waals surface area contributed by atoms with Crippen LogP contribution in [0.5, 0.6) is 0 Å². The van der Waals surface area contributed by atoms with Crippen molar-refractivity contribution in [2.24, 2.45) is 0 Å². The summed E-state index contributed by atoms with van der Waals surface area (Å²) in [5.41, 5.74) is 0. The van der Waals surface area contributed by atoms with Crippen LogP contribution in [0, 0.1) is 5.21 Å². The first-order valence-corrected chi connectivity index (χ1v) is 5.26. The van der Waals surface area contributed by atoms with Crippen molar-refractivity contribution in [3.05, 3.63) is 46.3 Å². The summed E-state index contributed by atoms with van der Waals surface area (Å²) in [5, 5.41) is 20.3. The Morgan fingerprint density at radius 1 is 1.38 bits per heavy atom. The first-order chi connectivity index (χ1) is 7.49. The fraction of sp³-hybridized carbons (Fsp3) is 0.0909. The standard InChI is InChI=1S/C9H6BrNO.C2H4O2/c10-9-2-1-8-6-11(12)4-3-7(8)5-9;1-2(3)4/h1-6H;1H3,(H,3,4). The van der Waals surface area contributed by atoms with E-state index in [-0.39, 0.29) is 0 Å². The molecule has 16 heavy (non-hydrogen) atoms. The van der Waals surface area contributed by atoms with E-state index in [0.717, 1.165) is 26.9 Å². The van der Waals surface area contributed by atoms with Gasteiger partial charge in [-0.15, -0.1) is 0 Å². The molecule has 2 aromatic rings. The minimum absolute atomic E-state index is 0.802. The van der Waals surface area contributed by atoms with Gasteiger partial charge in [-0.25, -0.2) is 0 Å². The van der Waals surface area contributed by atoms with Crippen molar-refractivity contribution in [2.75, 3.05) is 0 Å². The highest BCUT2D eigenvalue weighted by atomic mass is 79.9. The molecule has 4 nitrogen and oxygen atoms in total. The second-order valence-electron chi connectivity index (χ2n) is 3.10. The number of hydrogen-bond acceptors (Lipinski definition) is 2. The third-order valence-corrected chi connectivity index (χ3v) is 2.21. The van der Waals surface area contributed by atoms with E-state index in [0.29, 0.717) is 0 Å². The van der Waals surface area contributed by atoms with E-state index in [1.54, 1.807) is 12.3 Å². The molecule has 2 rings (SSSR count). The van der Waals surface area contributed by atoms with Gasteiger partial charge in [-0.05, 0) is 23.6 Å². The van der Waals surface area contributed by atoms with Gasteiger partial charge in [0, 0.05) is 22.8 Å². The number of carboxylic acids is 1. The lowest BCUT2D eigenvalue weighted by atomic mass is 10.2. The summed E-state index contributed by atoms with van der Waals surface area (Å²) < 4.78 is 1.83. The van der Waals surface area contributed by atoms with E-state index in [9.17, 15) is 5.21 Å². The highest BCUT2D eigenvalue weighted by Crippen LogP contribution is 2.17. The topological polar surface area (TPSA) is 64.2 Å². The third-order valence-electron chi connectivity index (χ3n) is 1.72. The number of carbonyl (C=O) groups is 1. The van der Waals surface area contributed by atoms with Crippen LogP contribution < -0.4 is 4.73 Å². The zero-order valence-electron chi connectivity index (χ0n) is 8.55. The van der Waals surface area contributed by atoms with E-state index in [2.05, 4.69) is 15.9 Å². The number of benzene rings is 1. The van der Waals surface area contributed by atoms with Crippen molar-refractivity contribution in [1.29, 1.82) is 0 Å². The quantitative estimate of drug-likeness (QED) is 0.596. The molecule has 5 heteroatoms. The van der Waals surface area contributed by atoms with E-state index in [4.69, 9.17) is 9.90 Å². The van der Waals surface area contributed by atoms with Crippen LogP contribution in [0.2, 0.25) is 0 Å². The lowest BCUT2D eigenvalue weighted by molar-refractivity contribution is -0.603. The van der Waals surface area contributed by atoms with E-state index in [1.807, 2.05) is 18.2 Å². The van der Waals surface area contributed by atoms with Gasteiger partial charge in [0.15, 0.2) is 12.4 Å². The molecular weight excluding hydrogens is 274 g/mol. The predicted octanol–water partition coefficient (Wildman–Crippen LogP) is 2.33. The largest absolute Gasteiger partial charge is 0.619 e. The van der Waals surface area contributed by atoms with Gasteiger partial charge in [-0.2, -0.15) is 4.73 Å². The molecule has 0 aliphatic rings. The molecule has 1 aromatic heterocycles. The van der Waals surface area contributed by atoms with Crippen LogP contribution >= 0.6 is 15.9 Å². The molecule has 0 radical (unpaired) electrons. The fourth-order valence-electron chi connectivity index (χ4n) is 1.14. The number of aromatic nitrogens is 1. The van der Waals surface area contributed by atoms with Gasteiger partial charge in [-0.1, -0.05) is 15.9 Å². The molecule has 1 N–H and O–H groups in total. The molecule has 1 aromatic carbocycles. The molecule has 0 atom stereocenters. The molecule has 0 fully saturated rings. The summed E-state index contributed by atoms with van der Waals surface area (Å²) in [6.45, 7) is 1.08. The minimum atomic E-state index is -0.833. The Morgan fingerprint density at radius 2 is 2.00 bits per heavy atom. The van der Waals surface area contributed by atoms with Crippen molar-refractivity contribution in [1.82, 2.24) is 0 Å². The average Bonchev–Trinajstić information content (AvgIpc) is 2.17. The number of carboxylic acid groups (broad SMARTS) is 1. The number of pyridine rings is 1. The summed E-state index contributed by atoms with van der Waals surface area (Å²) in [6, 6.07) is 7.61. The van der Waals surface area contributed by atoms with Crippen LogP contribution in [0.25, 0.3) is 10.8 Å². The lowest BCUT2D eigenvalue weighted by Gasteiger charge is -1.98. The van der Waals surface area contributed by atoms with Crippen molar-refractivity contribution in [2.45, 2.75) is 6.92 Å². The Hall–Kier alpha value is -1.62. The summed E-state index contributed by atoms with van der Waals surface area (Å²) in [4.78, 5) is 9.00. The summed E-state index contributed by atoms with van der Waals surface area (Å²) >= 11 is 3.37. The van der Waals surface area contributed by atoms with Crippen molar-refractivity contribution in [3.63, 3.8) is 0 Å². The number of rotatable bonds is 0. The zero-order valence-corrected chi connectivity index (χ0v) is 10.1. The molecule has 0 amide bonds. The molecule has 0 saturated heterocycles. The highest BCUT2D eigenvalue weighted by Gasteiger charge is 1.97. The number of hydrogen-bond donors (Lipinski definition) is 1. The monoisotopic (exact) mass is 283 g/mol. The maximum atomic E-state index is 10.9. The smallest absolute Gasteiger partial charge is 0.300 e. The third kappa shape index (κ3) is 3.86. The van der Waals surface area contributed by atoms with Crippen molar-refractivity contribution >= 4 is 32.7 Å². The molecule has 84 valence electrons. The van der Waals surface area contributed by atoms with Gasteiger partial charge in [-0.3, -0.25) is 4.79 Å². The van der Waals surface area contributed by atoms with Gasteiger partial charge >= 0.3 is 0 Å². The molecule has 1 heterocycles. The van der Waals surface area contributed by atoms with Gasteiger partial charge in [0.1, 0.15) is 0 Å². The molecule has 0 aliphatic carbocycles.